The number of aliphatic imine (C=N–C) groups is 1. The maximum Gasteiger partial charge on any atom is 0.193 e. The lowest BCUT2D eigenvalue weighted by Crippen LogP contribution is -2.56. The van der Waals surface area contributed by atoms with Crippen molar-refractivity contribution >= 4 is 11.6 Å². The van der Waals surface area contributed by atoms with Gasteiger partial charge in [-0.3, -0.25) is 9.89 Å². The number of nitrogens with one attached hydrogen (secondary N) is 1. The first kappa shape index (κ1) is 21.9. The van der Waals surface area contributed by atoms with Gasteiger partial charge in [-0.15, -0.1) is 0 Å². The van der Waals surface area contributed by atoms with Gasteiger partial charge in [0.25, 0.3) is 0 Å². The Bertz CT molecular complexity index is 672. The van der Waals surface area contributed by atoms with E-state index in [0.717, 1.165) is 38.7 Å². The molecule has 2 heterocycles. The molecule has 1 unspecified atom stereocenters. The molecule has 1 aromatic rings. The van der Waals surface area contributed by atoms with Crippen LogP contribution in [0.3, 0.4) is 0 Å². The molecule has 0 bridgehead atoms. The molecule has 0 radical (unpaired) electrons. The second kappa shape index (κ2) is 10.3. The number of hydrogen-bond donors (Lipinski definition) is 1. The summed E-state index contributed by atoms with van der Waals surface area (Å²) in [7, 11) is 1.91. The lowest BCUT2D eigenvalue weighted by atomic mass is 10.1. The summed E-state index contributed by atoms with van der Waals surface area (Å²) in [6, 6.07) is 7.16. The summed E-state index contributed by atoms with van der Waals surface area (Å²) in [5, 5.41) is 3.64. The zero-order chi connectivity index (χ0) is 20.8. The Kier molecular flexibility index (Phi) is 7.78. The minimum absolute atomic E-state index is 0.530. The molecular weight excluding hydrogens is 360 g/mol. The quantitative estimate of drug-likeness (QED) is 0.605. The summed E-state index contributed by atoms with van der Waals surface area (Å²) in [5.74, 6) is 1.05. The predicted octanol–water partition coefficient (Wildman–Crippen LogP) is 2.03. The van der Waals surface area contributed by atoms with Crippen molar-refractivity contribution < 1.29 is 0 Å². The molecule has 29 heavy (non-hydrogen) atoms. The van der Waals surface area contributed by atoms with Crippen LogP contribution < -0.4 is 10.2 Å². The highest BCUT2D eigenvalue weighted by Gasteiger charge is 2.23. The summed E-state index contributed by atoms with van der Waals surface area (Å²) >= 11 is 0. The van der Waals surface area contributed by atoms with Gasteiger partial charge in [0.1, 0.15) is 0 Å². The minimum atomic E-state index is 0.530. The van der Waals surface area contributed by atoms with Crippen molar-refractivity contribution in [1.82, 2.24) is 20.0 Å². The van der Waals surface area contributed by atoms with Crippen molar-refractivity contribution in [2.45, 2.75) is 33.7 Å². The van der Waals surface area contributed by atoms with Crippen molar-refractivity contribution in [2.75, 3.05) is 77.4 Å². The zero-order valence-corrected chi connectivity index (χ0v) is 19.1. The molecule has 162 valence electrons. The first-order chi connectivity index (χ1) is 14.0. The summed E-state index contributed by atoms with van der Waals surface area (Å²) in [6.45, 7) is 20.0. The van der Waals surface area contributed by atoms with Gasteiger partial charge in [0.15, 0.2) is 5.96 Å². The SMILES string of the molecule is CCN1CCN(C(C)CNC(=NC)N2CCN(c3cccc(C)c3C)CC2)CC1. The molecule has 2 fully saturated rings. The van der Waals surface area contributed by atoms with Gasteiger partial charge in [-0.2, -0.15) is 0 Å². The number of anilines is 1. The third kappa shape index (κ3) is 5.43. The first-order valence-electron chi connectivity index (χ1n) is 11.3. The molecular formula is C23H40N6. The summed E-state index contributed by atoms with van der Waals surface area (Å²) in [4.78, 5) is 14.6. The van der Waals surface area contributed by atoms with E-state index in [-0.39, 0.29) is 0 Å². The van der Waals surface area contributed by atoms with Crippen LogP contribution in [-0.4, -0.2) is 99.2 Å². The van der Waals surface area contributed by atoms with Crippen LogP contribution in [0.4, 0.5) is 5.69 Å². The van der Waals surface area contributed by atoms with Crippen LogP contribution in [0, 0.1) is 13.8 Å². The molecule has 0 aliphatic carbocycles. The van der Waals surface area contributed by atoms with Crippen LogP contribution in [0.1, 0.15) is 25.0 Å². The maximum absolute atomic E-state index is 4.57. The molecule has 2 saturated heterocycles. The van der Waals surface area contributed by atoms with Crippen molar-refractivity contribution in [3.8, 4) is 0 Å². The number of aryl methyl sites for hydroxylation is 1. The van der Waals surface area contributed by atoms with Crippen LogP contribution in [0.5, 0.6) is 0 Å². The van der Waals surface area contributed by atoms with Gasteiger partial charge in [0.2, 0.25) is 0 Å². The summed E-state index contributed by atoms with van der Waals surface area (Å²) in [5.41, 5.74) is 4.16. The van der Waals surface area contributed by atoms with Gasteiger partial charge in [0, 0.05) is 77.7 Å². The number of likely N-dealkylation sites (N-methyl/N-ethyl adjacent to an activating group) is 1. The topological polar surface area (TPSA) is 37.4 Å². The fourth-order valence-electron chi connectivity index (χ4n) is 4.46. The Balaban J connectivity index is 1.47. The van der Waals surface area contributed by atoms with E-state index in [9.17, 15) is 0 Å². The molecule has 2 aliphatic heterocycles. The Hall–Kier alpha value is -1.79. The van der Waals surface area contributed by atoms with Crippen LogP contribution in [0.2, 0.25) is 0 Å². The molecule has 2 aliphatic rings. The molecule has 0 aromatic heterocycles. The van der Waals surface area contributed by atoms with Crippen LogP contribution in [0.15, 0.2) is 23.2 Å². The van der Waals surface area contributed by atoms with Crippen molar-refractivity contribution in [3.63, 3.8) is 0 Å². The number of guanidine groups is 1. The normalized spacial score (nSPS) is 20.8. The smallest absolute Gasteiger partial charge is 0.193 e. The van der Waals surface area contributed by atoms with Crippen LogP contribution >= 0.6 is 0 Å². The van der Waals surface area contributed by atoms with Gasteiger partial charge in [-0.25, -0.2) is 0 Å². The van der Waals surface area contributed by atoms with E-state index in [4.69, 9.17) is 0 Å². The highest BCUT2D eigenvalue weighted by Crippen LogP contribution is 2.23. The van der Waals surface area contributed by atoms with E-state index < -0.39 is 0 Å². The predicted molar refractivity (Wildman–Crippen MR) is 124 cm³/mol. The molecule has 0 saturated carbocycles. The second-order valence-corrected chi connectivity index (χ2v) is 8.44. The number of piperazine rings is 2. The van der Waals surface area contributed by atoms with Gasteiger partial charge < -0.3 is 20.0 Å². The van der Waals surface area contributed by atoms with Gasteiger partial charge in [-0.1, -0.05) is 19.1 Å². The standard InChI is InChI=1S/C23H40N6/c1-6-26-10-12-27(13-11-26)20(3)18-25-23(24-5)29-16-14-28(15-17-29)22-9-7-8-19(2)21(22)4/h7-9,20H,6,10-18H2,1-5H3,(H,24,25). The second-order valence-electron chi connectivity index (χ2n) is 8.44. The van der Waals surface area contributed by atoms with E-state index >= 15 is 0 Å². The highest BCUT2D eigenvalue weighted by molar-refractivity contribution is 5.80. The van der Waals surface area contributed by atoms with Crippen LogP contribution in [-0.2, 0) is 0 Å². The van der Waals surface area contributed by atoms with E-state index in [1.807, 2.05) is 7.05 Å². The van der Waals surface area contributed by atoms with E-state index in [1.54, 1.807) is 0 Å². The average molecular weight is 401 g/mol. The number of nitrogens with zero attached hydrogens (tertiary/aromatic N) is 5. The Morgan fingerprint density at radius 1 is 1.03 bits per heavy atom. The molecule has 1 N–H and O–H groups in total. The molecule has 0 spiro atoms. The van der Waals surface area contributed by atoms with Crippen LogP contribution in [0.25, 0.3) is 0 Å². The number of hydrogen-bond acceptors (Lipinski definition) is 4. The molecule has 3 rings (SSSR count). The fourth-order valence-corrected chi connectivity index (χ4v) is 4.46. The molecule has 0 amide bonds. The Labute approximate surface area is 177 Å². The highest BCUT2D eigenvalue weighted by atomic mass is 15.4. The monoisotopic (exact) mass is 400 g/mol. The van der Waals surface area contributed by atoms with E-state index in [1.165, 1.54) is 49.5 Å². The van der Waals surface area contributed by atoms with Crippen molar-refractivity contribution in [2.24, 2.45) is 4.99 Å². The molecule has 6 nitrogen and oxygen atoms in total. The van der Waals surface area contributed by atoms with E-state index in [2.05, 4.69) is 75.8 Å². The number of benzene rings is 1. The lowest BCUT2D eigenvalue weighted by molar-refractivity contribution is 0.107. The average Bonchev–Trinajstić information content (AvgIpc) is 2.76. The number of rotatable bonds is 5. The molecule has 6 heteroatoms. The lowest BCUT2D eigenvalue weighted by Gasteiger charge is -2.40. The van der Waals surface area contributed by atoms with E-state index in [0.29, 0.717) is 6.04 Å². The van der Waals surface area contributed by atoms with Gasteiger partial charge in [0.05, 0.1) is 0 Å². The first-order valence-corrected chi connectivity index (χ1v) is 11.3. The zero-order valence-electron chi connectivity index (χ0n) is 19.1. The Morgan fingerprint density at radius 2 is 1.72 bits per heavy atom. The minimum Gasteiger partial charge on any atom is -0.368 e. The summed E-state index contributed by atoms with van der Waals surface area (Å²) < 4.78 is 0. The van der Waals surface area contributed by atoms with Gasteiger partial charge in [-0.05, 0) is 44.5 Å². The van der Waals surface area contributed by atoms with Gasteiger partial charge >= 0.3 is 0 Å². The Morgan fingerprint density at radius 3 is 2.34 bits per heavy atom. The molecule has 1 aromatic carbocycles. The molecule has 1 atom stereocenters. The third-order valence-corrected chi connectivity index (χ3v) is 6.74. The maximum atomic E-state index is 4.57. The van der Waals surface area contributed by atoms with Crippen molar-refractivity contribution in [1.29, 1.82) is 0 Å². The third-order valence-electron chi connectivity index (χ3n) is 6.74. The summed E-state index contributed by atoms with van der Waals surface area (Å²) in [6.07, 6.45) is 0. The fraction of sp³-hybridized carbons (Fsp3) is 0.696. The largest absolute Gasteiger partial charge is 0.368 e. The van der Waals surface area contributed by atoms with Crippen molar-refractivity contribution in [3.05, 3.63) is 29.3 Å².